The zero-order valence-corrected chi connectivity index (χ0v) is 13.4. The van der Waals surface area contributed by atoms with E-state index < -0.39 is 0 Å². The average Bonchev–Trinajstić information content (AvgIpc) is 2.46. The normalized spacial score (nSPS) is 13.8. The highest BCUT2D eigenvalue weighted by atomic mass is 16.6. The van der Waals surface area contributed by atoms with Gasteiger partial charge in [-0.25, -0.2) is 0 Å². The molecule has 124 valence electrons. The monoisotopic (exact) mass is 302 g/mol. The molecule has 0 radical (unpaired) electrons. The first-order valence-electron chi connectivity index (χ1n) is 7.38. The Balaban J connectivity index is 3.37. The first kappa shape index (κ1) is 20.3. The summed E-state index contributed by atoms with van der Waals surface area (Å²) in [7, 11) is 0. The van der Waals surface area contributed by atoms with Crippen molar-refractivity contribution in [2.75, 3.05) is 52.9 Å². The molecule has 0 saturated carbocycles. The average molecular weight is 302 g/mol. The van der Waals surface area contributed by atoms with E-state index in [1.54, 1.807) is 12.2 Å². The van der Waals surface area contributed by atoms with Crippen LogP contribution >= 0.6 is 0 Å². The molecule has 21 heavy (non-hydrogen) atoms. The van der Waals surface area contributed by atoms with Gasteiger partial charge in [0.15, 0.2) is 0 Å². The molecule has 0 aromatic carbocycles. The van der Waals surface area contributed by atoms with E-state index >= 15 is 0 Å². The maximum Gasteiger partial charge on any atom is 0.0785 e. The first-order valence-corrected chi connectivity index (χ1v) is 7.38. The van der Waals surface area contributed by atoms with Crippen molar-refractivity contribution in [1.82, 2.24) is 0 Å². The van der Waals surface area contributed by atoms with Crippen LogP contribution in [0.25, 0.3) is 0 Å². The summed E-state index contributed by atoms with van der Waals surface area (Å²) in [4.78, 5) is 0. The van der Waals surface area contributed by atoms with Crippen LogP contribution < -0.4 is 0 Å². The highest BCUT2D eigenvalue weighted by Crippen LogP contribution is 2.00. The fraction of sp³-hybridized carbons (Fsp3) is 0.750. The Hall–Kier alpha value is -0.720. The number of hydrogen-bond acceptors (Lipinski definition) is 5. The van der Waals surface area contributed by atoms with Gasteiger partial charge in [0.05, 0.1) is 65.1 Å². The van der Waals surface area contributed by atoms with Gasteiger partial charge in [0.1, 0.15) is 0 Å². The van der Waals surface area contributed by atoms with Gasteiger partial charge in [0, 0.05) is 0 Å². The second-order valence-electron chi connectivity index (χ2n) is 4.63. The van der Waals surface area contributed by atoms with Gasteiger partial charge < -0.3 is 23.7 Å². The quantitative estimate of drug-likeness (QED) is 0.323. The Kier molecular flexibility index (Phi) is 15.1. The summed E-state index contributed by atoms with van der Waals surface area (Å²) in [6.45, 7) is 15.6. The topological polar surface area (TPSA) is 46.2 Å². The van der Waals surface area contributed by atoms with Crippen molar-refractivity contribution in [3.05, 3.63) is 25.3 Å². The third kappa shape index (κ3) is 15.5. The zero-order chi connectivity index (χ0) is 15.8. The molecule has 5 nitrogen and oxygen atoms in total. The Morgan fingerprint density at radius 3 is 1.48 bits per heavy atom. The van der Waals surface area contributed by atoms with Crippen molar-refractivity contribution in [2.45, 2.75) is 26.1 Å². The molecule has 2 unspecified atom stereocenters. The van der Waals surface area contributed by atoms with Crippen LogP contribution in [0.1, 0.15) is 13.8 Å². The molecule has 0 aliphatic rings. The molecule has 0 heterocycles. The third-order valence-electron chi connectivity index (χ3n) is 2.39. The van der Waals surface area contributed by atoms with Crippen LogP contribution in [0.5, 0.6) is 0 Å². The fourth-order valence-electron chi connectivity index (χ4n) is 1.54. The van der Waals surface area contributed by atoms with E-state index in [2.05, 4.69) is 13.2 Å². The molecule has 0 aliphatic heterocycles. The first-order chi connectivity index (χ1) is 10.2. The van der Waals surface area contributed by atoms with E-state index in [1.807, 2.05) is 13.8 Å². The summed E-state index contributed by atoms with van der Waals surface area (Å²) in [6, 6.07) is 0. The predicted molar refractivity (Wildman–Crippen MR) is 83.7 cm³/mol. The summed E-state index contributed by atoms with van der Waals surface area (Å²) in [5.74, 6) is 0. The standard InChI is InChI=1S/C16H30O5/c1-5-7-17-9-11-19-13-15(3)21-16(4)14-20-12-10-18-8-6-2/h5-6,15-16H,1-2,7-14H2,3-4H3. The minimum absolute atomic E-state index is 0.0278. The van der Waals surface area contributed by atoms with Crippen LogP contribution in [-0.4, -0.2) is 65.1 Å². The summed E-state index contributed by atoms with van der Waals surface area (Å²) >= 11 is 0. The van der Waals surface area contributed by atoms with Crippen LogP contribution in [0, 0.1) is 0 Å². The van der Waals surface area contributed by atoms with Crippen molar-refractivity contribution >= 4 is 0 Å². The maximum atomic E-state index is 5.74. The van der Waals surface area contributed by atoms with Crippen LogP contribution in [0.15, 0.2) is 25.3 Å². The van der Waals surface area contributed by atoms with E-state index in [-0.39, 0.29) is 12.2 Å². The van der Waals surface area contributed by atoms with E-state index in [0.29, 0.717) is 52.9 Å². The van der Waals surface area contributed by atoms with E-state index in [4.69, 9.17) is 23.7 Å². The second-order valence-corrected chi connectivity index (χ2v) is 4.63. The molecule has 5 heteroatoms. The summed E-state index contributed by atoms with van der Waals surface area (Å²) in [5.41, 5.74) is 0. The number of rotatable bonds is 16. The van der Waals surface area contributed by atoms with Crippen molar-refractivity contribution in [2.24, 2.45) is 0 Å². The molecular weight excluding hydrogens is 272 g/mol. The Bertz CT molecular complexity index is 221. The minimum Gasteiger partial charge on any atom is -0.376 e. The molecule has 0 aliphatic carbocycles. The molecule has 0 bridgehead atoms. The molecule has 0 aromatic rings. The lowest BCUT2D eigenvalue weighted by molar-refractivity contribution is -0.0786. The Morgan fingerprint density at radius 2 is 1.10 bits per heavy atom. The van der Waals surface area contributed by atoms with Crippen LogP contribution in [0.2, 0.25) is 0 Å². The molecule has 0 N–H and O–H groups in total. The second kappa shape index (κ2) is 15.7. The summed E-state index contributed by atoms with van der Waals surface area (Å²) in [6.07, 6.45) is 3.49. The van der Waals surface area contributed by atoms with Gasteiger partial charge in [0.25, 0.3) is 0 Å². The molecule has 0 rings (SSSR count). The minimum atomic E-state index is 0.0278. The van der Waals surface area contributed by atoms with Crippen LogP contribution in [-0.2, 0) is 23.7 Å². The van der Waals surface area contributed by atoms with Gasteiger partial charge in [-0.1, -0.05) is 12.2 Å². The highest BCUT2D eigenvalue weighted by Gasteiger charge is 2.09. The lowest BCUT2D eigenvalue weighted by Gasteiger charge is -2.19. The fourth-order valence-corrected chi connectivity index (χ4v) is 1.54. The third-order valence-corrected chi connectivity index (χ3v) is 2.39. The van der Waals surface area contributed by atoms with Crippen molar-refractivity contribution < 1.29 is 23.7 Å². The SMILES string of the molecule is C=CCOCCOCC(C)OC(C)COCCOCC=C. The van der Waals surface area contributed by atoms with Crippen LogP contribution in [0.4, 0.5) is 0 Å². The maximum absolute atomic E-state index is 5.74. The van der Waals surface area contributed by atoms with E-state index in [1.165, 1.54) is 0 Å². The van der Waals surface area contributed by atoms with E-state index in [0.717, 1.165) is 0 Å². The predicted octanol–water partition coefficient (Wildman–Crippen LogP) is 2.22. The van der Waals surface area contributed by atoms with Crippen molar-refractivity contribution in [3.63, 3.8) is 0 Å². The summed E-state index contributed by atoms with van der Waals surface area (Å²) in [5, 5.41) is 0. The molecular formula is C16H30O5. The summed E-state index contributed by atoms with van der Waals surface area (Å²) < 4.78 is 27.1. The van der Waals surface area contributed by atoms with E-state index in [9.17, 15) is 0 Å². The smallest absolute Gasteiger partial charge is 0.0785 e. The van der Waals surface area contributed by atoms with Gasteiger partial charge in [-0.2, -0.15) is 0 Å². The number of ether oxygens (including phenoxy) is 5. The lowest BCUT2D eigenvalue weighted by Crippen LogP contribution is -2.26. The molecule has 0 amide bonds. The molecule has 0 fully saturated rings. The molecule has 0 saturated heterocycles. The lowest BCUT2D eigenvalue weighted by atomic mass is 10.4. The molecule has 0 aromatic heterocycles. The Labute approximate surface area is 128 Å². The van der Waals surface area contributed by atoms with Gasteiger partial charge in [-0.15, -0.1) is 13.2 Å². The van der Waals surface area contributed by atoms with Crippen LogP contribution in [0.3, 0.4) is 0 Å². The van der Waals surface area contributed by atoms with Crippen molar-refractivity contribution in [3.8, 4) is 0 Å². The highest BCUT2D eigenvalue weighted by molar-refractivity contribution is 4.64. The molecule has 2 atom stereocenters. The van der Waals surface area contributed by atoms with Crippen molar-refractivity contribution in [1.29, 1.82) is 0 Å². The number of hydrogen-bond donors (Lipinski definition) is 0. The molecule has 0 spiro atoms. The zero-order valence-electron chi connectivity index (χ0n) is 13.4. The Morgan fingerprint density at radius 1 is 0.714 bits per heavy atom. The van der Waals surface area contributed by atoms with Gasteiger partial charge in [-0.05, 0) is 13.8 Å². The van der Waals surface area contributed by atoms with Gasteiger partial charge in [0.2, 0.25) is 0 Å². The van der Waals surface area contributed by atoms with Gasteiger partial charge >= 0.3 is 0 Å². The largest absolute Gasteiger partial charge is 0.376 e. The van der Waals surface area contributed by atoms with Gasteiger partial charge in [-0.3, -0.25) is 0 Å².